The molecule has 0 fully saturated rings. The number of aryl methyl sites for hydroxylation is 1. The summed E-state index contributed by atoms with van der Waals surface area (Å²) in [6.45, 7) is 1.97. The van der Waals surface area contributed by atoms with E-state index in [4.69, 9.17) is 5.73 Å². The molecule has 0 radical (unpaired) electrons. The molecule has 0 amide bonds. The van der Waals surface area contributed by atoms with Gasteiger partial charge in [-0.2, -0.15) is 14.7 Å². The molecule has 3 aromatic heterocycles. The van der Waals surface area contributed by atoms with Gasteiger partial charge in [0.05, 0.1) is 11.1 Å². The van der Waals surface area contributed by atoms with Gasteiger partial charge in [-0.1, -0.05) is 30.3 Å². The Morgan fingerprint density at radius 3 is 2.75 bits per heavy atom. The first kappa shape index (κ1) is 11.0. The molecule has 4 rings (SSSR count). The van der Waals surface area contributed by atoms with Gasteiger partial charge >= 0.3 is 0 Å². The molecule has 0 saturated carbocycles. The number of fused-ring (bicyclic) bond motifs is 3. The molecule has 6 nitrogen and oxygen atoms in total. The summed E-state index contributed by atoms with van der Waals surface area (Å²) in [5.74, 6) is 0.504. The average Bonchev–Trinajstić information content (AvgIpc) is 3.00. The maximum absolute atomic E-state index is 5.82. The monoisotopic (exact) mass is 264 g/mol. The number of rotatable bonds is 1. The molecule has 3 N–H and O–H groups in total. The standard InChI is InChI=1S/C14H12N6/c1-8-11(9-5-3-2-4-6-9)14-16-7-10-12(15)17-18-13(10)20(14)19-8/h2-7H,1H3,(H3,15,17,18). The molecule has 0 atom stereocenters. The number of hydrogen-bond acceptors (Lipinski definition) is 4. The minimum absolute atomic E-state index is 0.504. The van der Waals surface area contributed by atoms with Crippen LogP contribution in [0.15, 0.2) is 36.5 Å². The summed E-state index contributed by atoms with van der Waals surface area (Å²) in [6, 6.07) is 10.1. The normalized spacial score (nSPS) is 11.4. The Bertz CT molecular complexity index is 919. The Kier molecular flexibility index (Phi) is 2.09. The molecule has 0 aliphatic rings. The van der Waals surface area contributed by atoms with Gasteiger partial charge in [0, 0.05) is 11.8 Å². The maximum atomic E-state index is 5.82. The second kappa shape index (κ2) is 3.80. The van der Waals surface area contributed by atoms with Crippen LogP contribution in [0.2, 0.25) is 0 Å². The highest BCUT2D eigenvalue weighted by atomic mass is 15.3. The van der Waals surface area contributed by atoms with Crippen LogP contribution in [0, 0.1) is 6.92 Å². The number of aromatic amines is 1. The third kappa shape index (κ3) is 1.36. The smallest absolute Gasteiger partial charge is 0.188 e. The van der Waals surface area contributed by atoms with Crippen molar-refractivity contribution in [1.82, 2.24) is 24.8 Å². The number of nitrogen functional groups attached to an aromatic ring is 1. The summed E-state index contributed by atoms with van der Waals surface area (Å²) < 4.78 is 1.74. The number of benzene rings is 1. The van der Waals surface area contributed by atoms with Crippen molar-refractivity contribution < 1.29 is 0 Å². The maximum Gasteiger partial charge on any atom is 0.188 e. The van der Waals surface area contributed by atoms with Gasteiger partial charge in [-0.25, -0.2) is 4.98 Å². The van der Waals surface area contributed by atoms with E-state index in [1.165, 1.54) is 0 Å². The van der Waals surface area contributed by atoms with E-state index in [2.05, 4.69) is 32.4 Å². The lowest BCUT2D eigenvalue weighted by Gasteiger charge is -1.99. The predicted molar refractivity (Wildman–Crippen MR) is 77.2 cm³/mol. The lowest BCUT2D eigenvalue weighted by molar-refractivity contribution is 0.929. The molecule has 6 heteroatoms. The summed E-state index contributed by atoms with van der Waals surface area (Å²) in [6.07, 6.45) is 1.73. The molecular weight excluding hydrogens is 252 g/mol. The van der Waals surface area contributed by atoms with Gasteiger partial charge in [-0.15, -0.1) is 0 Å². The Hall–Kier alpha value is -2.89. The molecule has 4 aromatic rings. The number of anilines is 1. The minimum Gasteiger partial charge on any atom is -0.383 e. The van der Waals surface area contributed by atoms with Crippen LogP contribution in [0.25, 0.3) is 27.8 Å². The fourth-order valence-corrected chi connectivity index (χ4v) is 2.49. The van der Waals surface area contributed by atoms with Crippen molar-refractivity contribution in [3.8, 4) is 11.1 Å². The lowest BCUT2D eigenvalue weighted by Crippen LogP contribution is -1.93. The topological polar surface area (TPSA) is 84.9 Å². The van der Waals surface area contributed by atoms with Gasteiger partial charge in [0.15, 0.2) is 11.3 Å². The quantitative estimate of drug-likeness (QED) is 0.551. The van der Waals surface area contributed by atoms with Crippen molar-refractivity contribution in [2.24, 2.45) is 0 Å². The summed E-state index contributed by atoms with van der Waals surface area (Å²) in [7, 11) is 0. The highest BCUT2D eigenvalue weighted by Gasteiger charge is 2.16. The van der Waals surface area contributed by atoms with Crippen LogP contribution >= 0.6 is 0 Å². The van der Waals surface area contributed by atoms with Gasteiger partial charge in [0.25, 0.3) is 0 Å². The zero-order chi connectivity index (χ0) is 13.7. The fourth-order valence-electron chi connectivity index (χ4n) is 2.49. The SMILES string of the molecule is Cc1nn2c(ncc3c(N)[nH]nc32)c1-c1ccccc1. The number of nitrogens with two attached hydrogens (primary N) is 1. The molecular formula is C14H12N6. The largest absolute Gasteiger partial charge is 0.383 e. The zero-order valence-corrected chi connectivity index (χ0v) is 10.8. The van der Waals surface area contributed by atoms with Gasteiger partial charge in [-0.3, -0.25) is 5.10 Å². The van der Waals surface area contributed by atoms with E-state index in [1.807, 2.05) is 25.1 Å². The lowest BCUT2D eigenvalue weighted by atomic mass is 10.1. The van der Waals surface area contributed by atoms with E-state index in [9.17, 15) is 0 Å². The zero-order valence-electron chi connectivity index (χ0n) is 10.8. The molecule has 0 bridgehead atoms. The Morgan fingerprint density at radius 1 is 1.15 bits per heavy atom. The van der Waals surface area contributed by atoms with Crippen LogP contribution in [-0.4, -0.2) is 24.8 Å². The van der Waals surface area contributed by atoms with Crippen molar-refractivity contribution in [2.45, 2.75) is 6.92 Å². The minimum atomic E-state index is 0.504. The summed E-state index contributed by atoms with van der Waals surface area (Å²) in [5.41, 5.74) is 10.3. The predicted octanol–water partition coefficient (Wildman–Crippen LogP) is 2.16. The van der Waals surface area contributed by atoms with Crippen LogP contribution in [0.1, 0.15) is 5.69 Å². The Balaban J connectivity index is 2.13. The van der Waals surface area contributed by atoms with Crippen LogP contribution in [0.3, 0.4) is 0 Å². The molecule has 0 aliphatic carbocycles. The van der Waals surface area contributed by atoms with E-state index in [-0.39, 0.29) is 0 Å². The van der Waals surface area contributed by atoms with Gasteiger partial charge in [0.2, 0.25) is 0 Å². The van der Waals surface area contributed by atoms with E-state index in [0.717, 1.165) is 27.9 Å². The van der Waals surface area contributed by atoms with Crippen molar-refractivity contribution in [3.63, 3.8) is 0 Å². The summed E-state index contributed by atoms with van der Waals surface area (Å²) in [4.78, 5) is 4.50. The van der Waals surface area contributed by atoms with Gasteiger partial charge in [-0.05, 0) is 12.5 Å². The number of hydrogen-bond donors (Lipinski definition) is 2. The van der Waals surface area contributed by atoms with Gasteiger partial charge in [0.1, 0.15) is 5.82 Å². The molecule has 0 unspecified atom stereocenters. The van der Waals surface area contributed by atoms with Crippen molar-refractivity contribution >= 4 is 22.5 Å². The molecule has 0 aliphatic heterocycles. The van der Waals surface area contributed by atoms with Crippen LogP contribution in [0.4, 0.5) is 5.82 Å². The van der Waals surface area contributed by atoms with Crippen LogP contribution in [-0.2, 0) is 0 Å². The second-order valence-corrected chi connectivity index (χ2v) is 4.69. The average molecular weight is 264 g/mol. The van der Waals surface area contributed by atoms with Crippen molar-refractivity contribution in [2.75, 3.05) is 5.73 Å². The third-order valence-electron chi connectivity index (χ3n) is 3.43. The van der Waals surface area contributed by atoms with Crippen LogP contribution in [0.5, 0.6) is 0 Å². The highest BCUT2D eigenvalue weighted by Crippen LogP contribution is 2.29. The summed E-state index contributed by atoms with van der Waals surface area (Å²) in [5, 5.41) is 12.3. The molecule has 0 saturated heterocycles. The molecule has 98 valence electrons. The molecule has 1 aromatic carbocycles. The first-order valence-corrected chi connectivity index (χ1v) is 6.29. The van der Waals surface area contributed by atoms with Gasteiger partial charge < -0.3 is 5.73 Å². The van der Waals surface area contributed by atoms with Crippen LogP contribution < -0.4 is 5.73 Å². The van der Waals surface area contributed by atoms with E-state index >= 15 is 0 Å². The first-order chi connectivity index (χ1) is 9.75. The van der Waals surface area contributed by atoms with Crippen molar-refractivity contribution in [1.29, 1.82) is 0 Å². The molecule has 20 heavy (non-hydrogen) atoms. The van der Waals surface area contributed by atoms with E-state index in [0.29, 0.717) is 11.5 Å². The fraction of sp³-hybridized carbons (Fsp3) is 0.0714. The third-order valence-corrected chi connectivity index (χ3v) is 3.43. The Labute approximate surface area is 114 Å². The van der Waals surface area contributed by atoms with E-state index in [1.54, 1.807) is 10.7 Å². The first-order valence-electron chi connectivity index (χ1n) is 6.29. The number of nitrogens with one attached hydrogen (secondary N) is 1. The number of H-pyrrole nitrogens is 1. The highest BCUT2D eigenvalue weighted by molar-refractivity contribution is 5.90. The Morgan fingerprint density at radius 2 is 1.95 bits per heavy atom. The van der Waals surface area contributed by atoms with E-state index < -0.39 is 0 Å². The molecule has 0 spiro atoms. The summed E-state index contributed by atoms with van der Waals surface area (Å²) >= 11 is 0. The number of nitrogens with zero attached hydrogens (tertiary/aromatic N) is 4. The second-order valence-electron chi connectivity index (χ2n) is 4.69. The van der Waals surface area contributed by atoms with Crippen molar-refractivity contribution in [3.05, 3.63) is 42.2 Å². The number of aromatic nitrogens is 5. The molecule has 3 heterocycles.